The zero-order chi connectivity index (χ0) is 14.0. The standard InChI is InChI=1S/C14H24N2O3/c1-3-10(4-2)15-14(19)16-8-9-6-5-7-11(9)12(16)13(17)18/h9-12H,3-8H2,1-2H3,(H,15,19)(H,17,18). The molecular weight excluding hydrogens is 244 g/mol. The van der Waals surface area contributed by atoms with Gasteiger partial charge in [-0.05, 0) is 37.5 Å². The number of nitrogens with one attached hydrogen (secondary N) is 1. The fourth-order valence-electron chi connectivity index (χ4n) is 3.58. The summed E-state index contributed by atoms with van der Waals surface area (Å²) in [7, 11) is 0. The third-order valence-corrected chi connectivity index (χ3v) is 4.72. The average Bonchev–Trinajstić information content (AvgIpc) is 2.94. The van der Waals surface area contributed by atoms with E-state index in [0.29, 0.717) is 12.5 Å². The molecule has 2 rings (SSSR count). The molecule has 2 N–H and O–H groups in total. The first-order valence-corrected chi connectivity index (χ1v) is 7.38. The number of carboxylic acids is 1. The molecule has 1 aliphatic carbocycles. The molecule has 5 heteroatoms. The zero-order valence-corrected chi connectivity index (χ0v) is 11.8. The quantitative estimate of drug-likeness (QED) is 0.820. The van der Waals surface area contributed by atoms with Crippen LogP contribution in [-0.4, -0.2) is 40.6 Å². The molecule has 0 radical (unpaired) electrons. The molecule has 0 bridgehead atoms. The van der Waals surface area contributed by atoms with Crippen LogP contribution in [0.25, 0.3) is 0 Å². The number of hydrogen-bond donors (Lipinski definition) is 2. The van der Waals surface area contributed by atoms with Crippen LogP contribution in [0.3, 0.4) is 0 Å². The number of likely N-dealkylation sites (tertiary alicyclic amines) is 1. The van der Waals surface area contributed by atoms with Crippen molar-refractivity contribution in [3.63, 3.8) is 0 Å². The second-order valence-electron chi connectivity index (χ2n) is 5.75. The van der Waals surface area contributed by atoms with Gasteiger partial charge in [0.15, 0.2) is 0 Å². The first-order chi connectivity index (χ1) is 9.08. The number of rotatable bonds is 4. The Kier molecular flexibility index (Phi) is 4.32. The highest BCUT2D eigenvalue weighted by atomic mass is 16.4. The van der Waals surface area contributed by atoms with Gasteiger partial charge in [-0.25, -0.2) is 9.59 Å². The molecule has 0 spiro atoms. The second-order valence-corrected chi connectivity index (χ2v) is 5.75. The molecule has 5 nitrogen and oxygen atoms in total. The number of amides is 2. The van der Waals surface area contributed by atoms with Crippen LogP contribution in [-0.2, 0) is 4.79 Å². The summed E-state index contributed by atoms with van der Waals surface area (Å²) in [6, 6.07) is -0.681. The Morgan fingerprint density at radius 2 is 2.00 bits per heavy atom. The van der Waals surface area contributed by atoms with Crippen molar-refractivity contribution in [1.29, 1.82) is 0 Å². The molecule has 19 heavy (non-hydrogen) atoms. The van der Waals surface area contributed by atoms with Crippen molar-refractivity contribution in [3.8, 4) is 0 Å². The molecule has 1 saturated heterocycles. The molecule has 1 aliphatic heterocycles. The summed E-state index contributed by atoms with van der Waals surface area (Å²) in [5, 5.41) is 12.4. The van der Waals surface area contributed by atoms with Crippen molar-refractivity contribution >= 4 is 12.0 Å². The lowest BCUT2D eigenvalue weighted by atomic mass is 9.94. The normalized spacial score (nSPS) is 29.6. The van der Waals surface area contributed by atoms with Gasteiger partial charge in [0.05, 0.1) is 0 Å². The topological polar surface area (TPSA) is 69.6 Å². The maximum absolute atomic E-state index is 12.3. The van der Waals surface area contributed by atoms with E-state index in [9.17, 15) is 14.7 Å². The maximum atomic E-state index is 12.3. The van der Waals surface area contributed by atoms with Crippen LogP contribution >= 0.6 is 0 Å². The summed E-state index contributed by atoms with van der Waals surface area (Å²) in [5.41, 5.74) is 0. The molecule has 2 amide bonds. The lowest BCUT2D eigenvalue weighted by Crippen LogP contribution is -2.50. The summed E-state index contributed by atoms with van der Waals surface area (Å²) in [4.78, 5) is 25.3. The van der Waals surface area contributed by atoms with E-state index in [1.807, 2.05) is 13.8 Å². The minimum absolute atomic E-state index is 0.141. The zero-order valence-electron chi connectivity index (χ0n) is 11.8. The van der Waals surface area contributed by atoms with E-state index < -0.39 is 12.0 Å². The van der Waals surface area contributed by atoms with E-state index in [4.69, 9.17) is 0 Å². The summed E-state index contributed by atoms with van der Waals surface area (Å²) >= 11 is 0. The molecule has 3 unspecified atom stereocenters. The summed E-state index contributed by atoms with van der Waals surface area (Å²) in [6.45, 7) is 4.66. The smallest absolute Gasteiger partial charge is 0.326 e. The van der Waals surface area contributed by atoms with Gasteiger partial charge in [-0.2, -0.15) is 0 Å². The number of hydrogen-bond acceptors (Lipinski definition) is 2. The molecule has 2 aliphatic rings. The Labute approximate surface area is 114 Å². The van der Waals surface area contributed by atoms with Gasteiger partial charge in [-0.3, -0.25) is 0 Å². The number of carbonyl (C=O) groups excluding carboxylic acids is 1. The molecule has 0 aromatic carbocycles. The van der Waals surface area contributed by atoms with Crippen LogP contribution < -0.4 is 5.32 Å². The largest absolute Gasteiger partial charge is 0.480 e. The van der Waals surface area contributed by atoms with Gasteiger partial charge in [0.25, 0.3) is 0 Å². The molecule has 1 saturated carbocycles. The highest BCUT2D eigenvalue weighted by molar-refractivity contribution is 5.84. The molecule has 0 aromatic rings. The molecule has 1 heterocycles. The number of nitrogens with zero attached hydrogens (tertiary/aromatic N) is 1. The third-order valence-electron chi connectivity index (χ3n) is 4.72. The highest BCUT2D eigenvalue weighted by Gasteiger charge is 2.49. The molecule has 3 atom stereocenters. The summed E-state index contributed by atoms with van der Waals surface area (Å²) in [6.07, 6.45) is 4.85. The minimum Gasteiger partial charge on any atom is -0.480 e. The summed E-state index contributed by atoms with van der Waals surface area (Å²) < 4.78 is 0. The van der Waals surface area contributed by atoms with Crippen molar-refractivity contribution in [2.24, 2.45) is 11.8 Å². The number of fused-ring (bicyclic) bond motifs is 1. The van der Waals surface area contributed by atoms with Gasteiger partial charge in [-0.15, -0.1) is 0 Å². The van der Waals surface area contributed by atoms with Gasteiger partial charge in [0.1, 0.15) is 6.04 Å². The Hall–Kier alpha value is -1.26. The van der Waals surface area contributed by atoms with Crippen molar-refractivity contribution < 1.29 is 14.7 Å². The molecule has 0 aromatic heterocycles. The second kappa shape index (κ2) is 5.80. The van der Waals surface area contributed by atoms with Crippen LogP contribution in [0, 0.1) is 11.8 Å². The van der Waals surface area contributed by atoms with Crippen LogP contribution in [0.15, 0.2) is 0 Å². The Bertz CT molecular complexity index is 355. The van der Waals surface area contributed by atoms with Gasteiger partial charge in [0.2, 0.25) is 0 Å². The molecule has 2 fully saturated rings. The van der Waals surface area contributed by atoms with Crippen LogP contribution in [0.2, 0.25) is 0 Å². The van der Waals surface area contributed by atoms with E-state index in [1.54, 1.807) is 4.90 Å². The van der Waals surface area contributed by atoms with E-state index >= 15 is 0 Å². The van der Waals surface area contributed by atoms with Crippen molar-refractivity contribution in [3.05, 3.63) is 0 Å². The third kappa shape index (κ3) is 2.69. The van der Waals surface area contributed by atoms with Crippen LogP contribution in [0.1, 0.15) is 46.0 Å². The minimum atomic E-state index is -0.853. The van der Waals surface area contributed by atoms with Crippen LogP contribution in [0.5, 0.6) is 0 Å². The highest BCUT2D eigenvalue weighted by Crippen LogP contribution is 2.42. The van der Waals surface area contributed by atoms with Gasteiger partial charge in [-0.1, -0.05) is 20.3 Å². The number of carbonyl (C=O) groups is 2. The van der Waals surface area contributed by atoms with Crippen LogP contribution in [0.4, 0.5) is 4.79 Å². The SMILES string of the molecule is CCC(CC)NC(=O)N1CC2CCCC2C1C(=O)O. The average molecular weight is 268 g/mol. The lowest BCUT2D eigenvalue weighted by molar-refractivity contribution is -0.142. The Balaban J connectivity index is 2.06. The fraction of sp³-hybridized carbons (Fsp3) is 0.857. The molecular formula is C14H24N2O3. The summed E-state index contributed by atoms with van der Waals surface area (Å²) in [5.74, 6) is -0.312. The maximum Gasteiger partial charge on any atom is 0.326 e. The van der Waals surface area contributed by atoms with Crippen molar-refractivity contribution in [2.45, 2.75) is 58.0 Å². The number of carboxylic acid groups (broad SMARTS) is 1. The fourth-order valence-corrected chi connectivity index (χ4v) is 3.58. The Morgan fingerprint density at radius 1 is 1.32 bits per heavy atom. The lowest BCUT2D eigenvalue weighted by Gasteiger charge is -2.27. The van der Waals surface area contributed by atoms with Crippen molar-refractivity contribution in [2.75, 3.05) is 6.54 Å². The number of aliphatic carboxylic acids is 1. The monoisotopic (exact) mass is 268 g/mol. The van der Waals surface area contributed by atoms with E-state index in [2.05, 4.69) is 5.32 Å². The predicted octanol–water partition coefficient (Wildman–Crippen LogP) is 2.07. The first-order valence-electron chi connectivity index (χ1n) is 7.38. The predicted molar refractivity (Wildman–Crippen MR) is 71.9 cm³/mol. The van der Waals surface area contributed by atoms with Gasteiger partial charge in [0, 0.05) is 12.6 Å². The van der Waals surface area contributed by atoms with Gasteiger partial charge >= 0.3 is 12.0 Å². The van der Waals surface area contributed by atoms with E-state index in [-0.39, 0.29) is 18.0 Å². The van der Waals surface area contributed by atoms with Gasteiger partial charge < -0.3 is 15.3 Å². The first kappa shape index (κ1) is 14.2. The number of urea groups is 1. The Morgan fingerprint density at radius 3 is 2.58 bits per heavy atom. The van der Waals surface area contributed by atoms with Crippen molar-refractivity contribution in [1.82, 2.24) is 10.2 Å². The van der Waals surface area contributed by atoms with E-state index in [0.717, 1.165) is 32.1 Å². The van der Waals surface area contributed by atoms with E-state index in [1.165, 1.54) is 0 Å². The molecule has 108 valence electrons.